The van der Waals surface area contributed by atoms with Gasteiger partial charge in [0.15, 0.2) is 11.6 Å². The SMILES string of the molecule is COC(=O)/C=C(/Nc1ccc(OCc2cnn(C)c2C)c(F)c1)C(=O)OC. The summed E-state index contributed by atoms with van der Waals surface area (Å²) in [7, 11) is 4.14. The van der Waals surface area contributed by atoms with E-state index >= 15 is 0 Å². The van der Waals surface area contributed by atoms with Crippen molar-refractivity contribution in [1.82, 2.24) is 9.78 Å². The van der Waals surface area contributed by atoms with E-state index in [1.165, 1.54) is 19.2 Å². The van der Waals surface area contributed by atoms with Crippen LogP contribution in [0.25, 0.3) is 0 Å². The molecule has 0 atom stereocenters. The number of hydrogen-bond acceptors (Lipinski definition) is 7. The Morgan fingerprint density at radius 3 is 2.59 bits per heavy atom. The Kier molecular flexibility index (Phi) is 6.53. The zero-order valence-electron chi connectivity index (χ0n) is 15.4. The maximum absolute atomic E-state index is 14.3. The number of aromatic nitrogens is 2. The Morgan fingerprint density at radius 1 is 1.30 bits per heavy atom. The number of anilines is 1. The van der Waals surface area contributed by atoms with Crippen molar-refractivity contribution in [1.29, 1.82) is 0 Å². The second-order valence-corrected chi connectivity index (χ2v) is 5.51. The third-order valence-electron chi connectivity index (χ3n) is 3.80. The first kappa shape index (κ1) is 20.0. The summed E-state index contributed by atoms with van der Waals surface area (Å²) in [4.78, 5) is 23.1. The van der Waals surface area contributed by atoms with Crippen LogP contribution >= 0.6 is 0 Å². The number of ether oxygens (including phenoxy) is 3. The third-order valence-corrected chi connectivity index (χ3v) is 3.80. The average molecular weight is 377 g/mol. The smallest absolute Gasteiger partial charge is 0.354 e. The van der Waals surface area contributed by atoms with Crippen molar-refractivity contribution >= 4 is 17.6 Å². The van der Waals surface area contributed by atoms with Crippen molar-refractivity contribution in [2.75, 3.05) is 19.5 Å². The second kappa shape index (κ2) is 8.84. The maximum Gasteiger partial charge on any atom is 0.354 e. The summed E-state index contributed by atoms with van der Waals surface area (Å²) in [5.74, 6) is -2.15. The van der Waals surface area contributed by atoms with Crippen LogP contribution in [0.4, 0.5) is 10.1 Å². The molecule has 0 bridgehead atoms. The fourth-order valence-electron chi connectivity index (χ4n) is 2.13. The molecule has 27 heavy (non-hydrogen) atoms. The largest absolute Gasteiger partial charge is 0.486 e. The molecule has 0 saturated heterocycles. The quantitative estimate of drug-likeness (QED) is 0.583. The van der Waals surface area contributed by atoms with Gasteiger partial charge in [0.25, 0.3) is 0 Å². The van der Waals surface area contributed by atoms with Gasteiger partial charge in [0, 0.05) is 30.1 Å². The van der Waals surface area contributed by atoms with E-state index in [0.717, 1.165) is 30.5 Å². The van der Waals surface area contributed by atoms with Gasteiger partial charge in [0.1, 0.15) is 12.3 Å². The van der Waals surface area contributed by atoms with E-state index in [1.54, 1.807) is 17.9 Å². The van der Waals surface area contributed by atoms with Gasteiger partial charge >= 0.3 is 11.9 Å². The fourth-order valence-corrected chi connectivity index (χ4v) is 2.13. The highest BCUT2D eigenvalue weighted by Crippen LogP contribution is 2.23. The summed E-state index contributed by atoms with van der Waals surface area (Å²) in [5, 5.41) is 6.72. The van der Waals surface area contributed by atoms with E-state index < -0.39 is 17.8 Å². The number of hydrogen-bond donors (Lipinski definition) is 1. The molecule has 2 rings (SSSR count). The van der Waals surface area contributed by atoms with Gasteiger partial charge in [0.05, 0.1) is 26.5 Å². The number of nitrogens with zero attached hydrogens (tertiary/aromatic N) is 2. The summed E-state index contributed by atoms with van der Waals surface area (Å²) < 4.78 is 30.6. The highest BCUT2D eigenvalue weighted by molar-refractivity contribution is 5.98. The average Bonchev–Trinajstić information content (AvgIpc) is 2.98. The van der Waals surface area contributed by atoms with Gasteiger partial charge < -0.3 is 19.5 Å². The van der Waals surface area contributed by atoms with Crippen molar-refractivity contribution in [2.24, 2.45) is 7.05 Å². The van der Waals surface area contributed by atoms with E-state index in [4.69, 9.17) is 4.74 Å². The Morgan fingerprint density at radius 2 is 2.04 bits per heavy atom. The van der Waals surface area contributed by atoms with Crippen LogP contribution in [0.15, 0.2) is 36.2 Å². The topological polar surface area (TPSA) is 91.7 Å². The lowest BCUT2D eigenvalue weighted by atomic mass is 10.2. The van der Waals surface area contributed by atoms with Gasteiger partial charge in [-0.15, -0.1) is 0 Å². The van der Waals surface area contributed by atoms with E-state index in [9.17, 15) is 14.0 Å². The molecule has 0 radical (unpaired) electrons. The number of rotatable bonds is 7. The molecule has 144 valence electrons. The summed E-state index contributed by atoms with van der Waals surface area (Å²) in [6.07, 6.45) is 2.57. The molecule has 0 spiro atoms. The van der Waals surface area contributed by atoms with Crippen molar-refractivity contribution in [2.45, 2.75) is 13.5 Å². The van der Waals surface area contributed by atoms with Crippen LogP contribution in [0.3, 0.4) is 0 Å². The van der Waals surface area contributed by atoms with Crippen molar-refractivity contribution in [3.05, 3.63) is 53.2 Å². The molecular weight excluding hydrogens is 357 g/mol. The number of carbonyl (C=O) groups excluding carboxylic acids is 2. The van der Waals surface area contributed by atoms with Gasteiger partial charge in [-0.3, -0.25) is 4.68 Å². The molecule has 0 fully saturated rings. The first-order chi connectivity index (χ1) is 12.8. The Balaban J connectivity index is 2.12. The molecule has 0 aliphatic carbocycles. The molecule has 0 saturated carbocycles. The van der Waals surface area contributed by atoms with Crippen molar-refractivity contribution in [3.63, 3.8) is 0 Å². The van der Waals surface area contributed by atoms with E-state index in [2.05, 4.69) is 19.9 Å². The number of halogens is 1. The van der Waals surface area contributed by atoms with E-state index in [-0.39, 0.29) is 23.7 Å². The van der Waals surface area contributed by atoms with Gasteiger partial charge in [-0.1, -0.05) is 0 Å². The predicted octanol–water partition coefficient (Wildman–Crippen LogP) is 2.09. The molecule has 1 N–H and O–H groups in total. The molecule has 1 aromatic heterocycles. The van der Waals surface area contributed by atoms with Crippen LogP contribution in [-0.2, 0) is 32.7 Å². The summed E-state index contributed by atoms with van der Waals surface area (Å²) >= 11 is 0. The molecule has 0 amide bonds. The monoisotopic (exact) mass is 377 g/mol. The highest BCUT2D eigenvalue weighted by atomic mass is 19.1. The first-order valence-corrected chi connectivity index (χ1v) is 7.90. The number of methoxy groups -OCH3 is 2. The molecule has 0 unspecified atom stereocenters. The van der Waals surface area contributed by atoms with Crippen LogP contribution in [-0.4, -0.2) is 35.9 Å². The number of benzene rings is 1. The summed E-state index contributed by atoms with van der Waals surface area (Å²) in [6.45, 7) is 2.05. The van der Waals surface area contributed by atoms with Gasteiger partial charge in [-0.05, 0) is 19.1 Å². The highest BCUT2D eigenvalue weighted by Gasteiger charge is 2.14. The van der Waals surface area contributed by atoms with Crippen molar-refractivity contribution < 1.29 is 28.2 Å². The minimum Gasteiger partial charge on any atom is -0.486 e. The lowest BCUT2D eigenvalue weighted by Gasteiger charge is -2.11. The van der Waals surface area contributed by atoms with E-state index in [1.807, 2.05) is 6.92 Å². The molecule has 0 aliphatic heterocycles. The number of aryl methyl sites for hydroxylation is 1. The maximum atomic E-state index is 14.3. The third kappa shape index (κ3) is 5.06. The number of carbonyl (C=O) groups is 2. The zero-order chi connectivity index (χ0) is 20.0. The Hall–Kier alpha value is -3.36. The van der Waals surface area contributed by atoms with Gasteiger partial charge in [-0.25, -0.2) is 14.0 Å². The molecule has 1 heterocycles. The van der Waals surface area contributed by atoms with Crippen LogP contribution in [0.1, 0.15) is 11.3 Å². The minimum absolute atomic E-state index is 0.0420. The Labute approximate surface area is 155 Å². The standard InChI is InChI=1S/C18H20FN3O5/c1-11-12(9-20-22(11)2)10-27-16-6-5-13(7-14(16)19)21-15(18(24)26-4)8-17(23)25-3/h5-9,21H,10H2,1-4H3/b15-8+. The second-order valence-electron chi connectivity index (χ2n) is 5.51. The molecule has 9 heteroatoms. The van der Waals surface area contributed by atoms with Crippen LogP contribution in [0, 0.1) is 12.7 Å². The lowest BCUT2D eigenvalue weighted by molar-refractivity contribution is -0.138. The molecule has 0 aliphatic rings. The van der Waals surface area contributed by atoms with Gasteiger partial charge in [0.2, 0.25) is 0 Å². The lowest BCUT2D eigenvalue weighted by Crippen LogP contribution is -2.15. The first-order valence-electron chi connectivity index (χ1n) is 7.90. The van der Waals surface area contributed by atoms with E-state index in [0.29, 0.717) is 0 Å². The summed E-state index contributed by atoms with van der Waals surface area (Å²) in [6, 6.07) is 4.05. The normalized spacial score (nSPS) is 11.1. The Bertz CT molecular complexity index is 876. The molecule has 8 nitrogen and oxygen atoms in total. The number of esters is 2. The predicted molar refractivity (Wildman–Crippen MR) is 94.4 cm³/mol. The molecule has 1 aromatic carbocycles. The fraction of sp³-hybridized carbons (Fsp3) is 0.278. The molecular formula is C18H20FN3O5. The number of nitrogens with one attached hydrogen (secondary N) is 1. The zero-order valence-corrected chi connectivity index (χ0v) is 15.4. The molecule has 2 aromatic rings. The minimum atomic E-state index is -0.798. The van der Waals surface area contributed by atoms with Gasteiger partial charge in [-0.2, -0.15) is 5.10 Å². The van der Waals surface area contributed by atoms with Crippen LogP contribution < -0.4 is 10.1 Å². The van der Waals surface area contributed by atoms with Crippen LogP contribution in [0.5, 0.6) is 5.75 Å². The van der Waals surface area contributed by atoms with Crippen molar-refractivity contribution in [3.8, 4) is 5.75 Å². The summed E-state index contributed by atoms with van der Waals surface area (Å²) in [5.41, 5.74) is 1.80. The van der Waals surface area contributed by atoms with Crippen LogP contribution in [0.2, 0.25) is 0 Å².